The van der Waals surface area contributed by atoms with Crippen LogP contribution in [0, 0.1) is 0 Å². The van der Waals surface area contributed by atoms with E-state index in [0.717, 1.165) is 0 Å². The molecule has 4 rings (SSSR count). The lowest BCUT2D eigenvalue weighted by atomic mass is 10.1. The average molecular weight is 401 g/mol. The smallest absolute Gasteiger partial charge is 0.0134 e. The zero-order valence-corrected chi connectivity index (χ0v) is 19.5. The first-order valence-corrected chi connectivity index (χ1v) is 11.7. The van der Waals surface area contributed by atoms with Crippen molar-refractivity contribution < 1.29 is 0 Å². The van der Waals surface area contributed by atoms with Gasteiger partial charge in [-0.2, -0.15) is 0 Å². The highest BCUT2D eigenvalue weighted by Crippen LogP contribution is 2.58. The third-order valence-electron chi connectivity index (χ3n) is 4.99. The highest BCUT2D eigenvalue weighted by molar-refractivity contribution is 7.68. The largest absolute Gasteiger partial charge is 0.0643 e. The highest BCUT2D eigenvalue weighted by Gasteiger charge is 2.35. The number of benzene rings is 4. The van der Waals surface area contributed by atoms with Crippen molar-refractivity contribution >= 4 is 34.8 Å². The molecule has 0 aliphatic rings. The van der Waals surface area contributed by atoms with Crippen LogP contribution in [-0.4, -0.2) is 10.3 Å². The maximum absolute atomic E-state index is 2.40. The molecule has 0 aliphatic carbocycles. The molecule has 150 valence electrons. The van der Waals surface area contributed by atoms with Crippen LogP contribution in [0.3, 0.4) is 0 Å². The molecule has 0 aliphatic heterocycles. The Hall–Kier alpha value is -2.17. The summed E-state index contributed by atoms with van der Waals surface area (Å²) < 4.78 is 0. The van der Waals surface area contributed by atoms with Crippen molar-refractivity contribution in [3.63, 3.8) is 0 Å². The molecule has 0 N–H and O–H groups in total. The fourth-order valence-corrected chi connectivity index (χ4v) is 8.28. The Morgan fingerprint density at radius 2 is 0.793 bits per heavy atom. The minimum atomic E-state index is -0.211. The van der Waals surface area contributed by atoms with Gasteiger partial charge in [0.15, 0.2) is 0 Å². The minimum absolute atomic E-state index is 0.211. The lowest BCUT2D eigenvalue weighted by Gasteiger charge is -2.41. The molecule has 0 amide bonds. The van der Waals surface area contributed by atoms with E-state index in [-0.39, 0.29) is 7.92 Å². The van der Waals surface area contributed by atoms with Crippen LogP contribution in [0.1, 0.15) is 41.5 Å². The van der Waals surface area contributed by atoms with E-state index in [2.05, 4.69) is 133 Å². The van der Waals surface area contributed by atoms with Gasteiger partial charge in [-0.1, -0.05) is 134 Å². The van der Waals surface area contributed by atoms with Crippen LogP contribution in [0.15, 0.2) is 91.0 Å². The van der Waals surface area contributed by atoms with Crippen LogP contribution < -0.4 is 5.30 Å². The van der Waals surface area contributed by atoms with Crippen LogP contribution in [-0.2, 0) is 0 Å². The summed E-state index contributed by atoms with van der Waals surface area (Å²) in [5.41, 5.74) is 0. The molecule has 0 aromatic heterocycles. The van der Waals surface area contributed by atoms with Gasteiger partial charge in [0, 0.05) is 0 Å². The summed E-state index contributed by atoms with van der Waals surface area (Å²) in [7, 11) is -0.211. The molecule has 0 fully saturated rings. The van der Waals surface area contributed by atoms with Crippen LogP contribution in [0.2, 0.25) is 0 Å². The van der Waals surface area contributed by atoms with E-state index in [1.807, 2.05) is 0 Å². The second kappa shape index (κ2) is 8.68. The Kier molecular flexibility index (Phi) is 6.45. The molecule has 0 saturated carbocycles. The van der Waals surface area contributed by atoms with Gasteiger partial charge in [0.05, 0.1) is 0 Å². The van der Waals surface area contributed by atoms with E-state index in [1.54, 1.807) is 0 Å². The predicted octanol–water partition coefficient (Wildman–Crippen LogP) is 8.38. The van der Waals surface area contributed by atoms with Gasteiger partial charge in [-0.15, -0.1) is 0 Å². The standard InChI is InChI=1S/C18H25P.C10H8/c1-17(2,3)19(18(4,5)6)16-12-11-14-9-7-8-10-15(14)13-16;1-2-6-10-8-4-3-7-9(10)5-1/h7-13H,1-6H3;1-8H. The zero-order valence-electron chi connectivity index (χ0n) is 18.6. The Morgan fingerprint density at radius 1 is 0.448 bits per heavy atom. The van der Waals surface area contributed by atoms with Crippen molar-refractivity contribution in [3.8, 4) is 0 Å². The van der Waals surface area contributed by atoms with E-state index in [4.69, 9.17) is 0 Å². The van der Waals surface area contributed by atoms with Gasteiger partial charge in [-0.3, -0.25) is 0 Å². The van der Waals surface area contributed by atoms with Gasteiger partial charge in [-0.05, 0) is 43.2 Å². The average Bonchev–Trinajstić information content (AvgIpc) is 2.66. The van der Waals surface area contributed by atoms with E-state index in [1.165, 1.54) is 26.8 Å². The summed E-state index contributed by atoms with van der Waals surface area (Å²) >= 11 is 0. The molecule has 1 heteroatoms. The van der Waals surface area contributed by atoms with Crippen LogP contribution in [0.25, 0.3) is 21.5 Å². The number of hydrogen-bond donors (Lipinski definition) is 0. The highest BCUT2D eigenvalue weighted by atomic mass is 31.1. The first-order chi connectivity index (χ1) is 13.7. The fourth-order valence-electron chi connectivity index (χ4n) is 4.23. The summed E-state index contributed by atoms with van der Waals surface area (Å²) in [6.07, 6.45) is 0. The SMILES string of the molecule is CC(C)(C)P(c1ccc2ccccc2c1)C(C)(C)C.c1ccc2ccccc2c1. The van der Waals surface area contributed by atoms with Gasteiger partial charge >= 0.3 is 0 Å². The van der Waals surface area contributed by atoms with Gasteiger partial charge in [0.25, 0.3) is 0 Å². The first-order valence-electron chi connectivity index (χ1n) is 10.4. The summed E-state index contributed by atoms with van der Waals surface area (Å²) in [6.45, 7) is 14.2. The quantitative estimate of drug-likeness (QED) is 0.281. The Bertz CT molecular complexity index is 1000. The minimum Gasteiger partial charge on any atom is -0.0643 e. The normalized spacial score (nSPS) is 12.1. The summed E-state index contributed by atoms with van der Waals surface area (Å²) in [6, 6.07) is 32.4. The molecule has 0 radical (unpaired) electrons. The Balaban J connectivity index is 0.000000200. The Morgan fingerprint density at radius 3 is 1.17 bits per heavy atom. The number of fused-ring (bicyclic) bond motifs is 2. The lowest BCUT2D eigenvalue weighted by molar-refractivity contribution is 0.715. The van der Waals surface area contributed by atoms with Gasteiger partial charge in [0.2, 0.25) is 0 Å². The van der Waals surface area contributed by atoms with Crippen LogP contribution in [0.4, 0.5) is 0 Å². The topological polar surface area (TPSA) is 0 Å². The second-order valence-electron chi connectivity index (χ2n) is 9.56. The van der Waals surface area contributed by atoms with Crippen LogP contribution in [0.5, 0.6) is 0 Å². The third kappa shape index (κ3) is 5.46. The van der Waals surface area contributed by atoms with E-state index in [0.29, 0.717) is 10.3 Å². The predicted molar refractivity (Wildman–Crippen MR) is 134 cm³/mol. The molecule has 0 nitrogen and oxygen atoms in total. The molecule has 4 aromatic rings. The van der Waals surface area contributed by atoms with Crippen LogP contribution >= 0.6 is 7.92 Å². The fraction of sp³-hybridized carbons (Fsp3) is 0.286. The van der Waals surface area contributed by atoms with E-state index >= 15 is 0 Å². The zero-order chi connectivity index (χ0) is 21.1. The maximum atomic E-state index is 2.40. The summed E-state index contributed by atoms with van der Waals surface area (Å²) in [4.78, 5) is 0. The van der Waals surface area contributed by atoms with Crippen molar-refractivity contribution in [1.29, 1.82) is 0 Å². The third-order valence-corrected chi connectivity index (χ3v) is 8.47. The molecule has 0 heterocycles. The molecule has 0 bridgehead atoms. The molecule has 0 unspecified atom stereocenters. The van der Waals surface area contributed by atoms with E-state index in [9.17, 15) is 0 Å². The molecular weight excluding hydrogens is 367 g/mol. The monoisotopic (exact) mass is 400 g/mol. The Labute approximate surface area is 177 Å². The number of rotatable bonds is 1. The van der Waals surface area contributed by atoms with Crippen molar-refractivity contribution in [3.05, 3.63) is 91.0 Å². The molecular formula is C28H33P. The van der Waals surface area contributed by atoms with Gasteiger partial charge in [0.1, 0.15) is 0 Å². The molecule has 0 spiro atoms. The first kappa shape index (κ1) is 21.5. The molecule has 4 aromatic carbocycles. The lowest BCUT2D eigenvalue weighted by Crippen LogP contribution is -2.31. The van der Waals surface area contributed by atoms with Gasteiger partial charge < -0.3 is 0 Å². The molecule has 0 saturated heterocycles. The van der Waals surface area contributed by atoms with Crippen molar-refractivity contribution in [2.45, 2.75) is 51.9 Å². The van der Waals surface area contributed by atoms with E-state index < -0.39 is 0 Å². The summed E-state index contributed by atoms with van der Waals surface area (Å²) in [5, 5.41) is 7.50. The van der Waals surface area contributed by atoms with Gasteiger partial charge in [-0.25, -0.2) is 0 Å². The van der Waals surface area contributed by atoms with Crippen molar-refractivity contribution in [2.24, 2.45) is 0 Å². The second-order valence-corrected chi connectivity index (χ2v) is 13.4. The van der Waals surface area contributed by atoms with Crippen molar-refractivity contribution in [1.82, 2.24) is 0 Å². The number of hydrogen-bond acceptors (Lipinski definition) is 0. The van der Waals surface area contributed by atoms with Crippen molar-refractivity contribution in [2.75, 3.05) is 0 Å². The maximum Gasteiger partial charge on any atom is -0.0134 e. The molecule has 29 heavy (non-hydrogen) atoms. The summed E-state index contributed by atoms with van der Waals surface area (Å²) in [5.74, 6) is 0. The molecule has 0 atom stereocenters.